The van der Waals surface area contributed by atoms with Gasteiger partial charge in [-0.1, -0.05) is 12.1 Å². The highest BCUT2D eigenvalue weighted by molar-refractivity contribution is 5.88. The highest BCUT2D eigenvalue weighted by atomic mass is 16.6. The lowest BCUT2D eigenvalue weighted by molar-refractivity contribution is -0.204. The molecule has 0 spiro atoms. The number of benzene rings is 2. The minimum atomic E-state index is -2.45. The summed E-state index contributed by atoms with van der Waals surface area (Å²) in [6.45, 7) is 0. The zero-order valence-electron chi connectivity index (χ0n) is 20.1. The number of rotatable bonds is 8. The summed E-state index contributed by atoms with van der Waals surface area (Å²) < 4.78 is 15.5. The van der Waals surface area contributed by atoms with E-state index in [4.69, 9.17) is 14.2 Å². The first-order chi connectivity index (χ1) is 17.9. The summed E-state index contributed by atoms with van der Waals surface area (Å²) in [5.74, 6) is -4.36. The SMILES string of the molecule is COc1cc(C=CC(=O)O[C@H]2[C@H](O)C[C@@](O)(C(=O)O)C[C@@H]2OC(=O)C=Cc2ccc(O)c(O)c2)ccc1O. The lowest BCUT2D eigenvalue weighted by atomic mass is 9.79. The van der Waals surface area contributed by atoms with E-state index in [-0.39, 0.29) is 17.2 Å². The van der Waals surface area contributed by atoms with Gasteiger partial charge in [0, 0.05) is 25.0 Å². The first kappa shape index (κ1) is 28.0. The molecule has 1 aliphatic carbocycles. The Hall–Kier alpha value is -4.55. The van der Waals surface area contributed by atoms with Crippen molar-refractivity contribution in [1.29, 1.82) is 0 Å². The van der Waals surface area contributed by atoms with Crippen LogP contribution in [0.4, 0.5) is 0 Å². The minimum Gasteiger partial charge on any atom is -0.504 e. The monoisotopic (exact) mass is 530 g/mol. The van der Waals surface area contributed by atoms with Crippen molar-refractivity contribution >= 4 is 30.1 Å². The number of carboxylic acid groups (broad SMARTS) is 1. The van der Waals surface area contributed by atoms with Crippen LogP contribution in [0.5, 0.6) is 23.0 Å². The van der Waals surface area contributed by atoms with Crippen molar-refractivity contribution in [2.75, 3.05) is 7.11 Å². The number of carbonyl (C=O) groups excluding carboxylic acids is 2. The Bertz CT molecular complexity index is 1270. The molecule has 0 radical (unpaired) electrons. The minimum absolute atomic E-state index is 0.107. The second kappa shape index (κ2) is 11.7. The average molecular weight is 530 g/mol. The third-order valence-corrected chi connectivity index (χ3v) is 5.78. The second-order valence-corrected chi connectivity index (χ2v) is 8.54. The summed E-state index contributed by atoms with van der Waals surface area (Å²) in [4.78, 5) is 36.5. The fraction of sp³-hybridized carbons (Fsp3) is 0.269. The second-order valence-electron chi connectivity index (χ2n) is 8.54. The maximum atomic E-state index is 12.5. The van der Waals surface area contributed by atoms with Gasteiger partial charge >= 0.3 is 17.9 Å². The van der Waals surface area contributed by atoms with Gasteiger partial charge in [-0.05, 0) is 47.5 Å². The average Bonchev–Trinajstić information content (AvgIpc) is 2.86. The van der Waals surface area contributed by atoms with Gasteiger partial charge in [-0.3, -0.25) is 0 Å². The molecule has 3 rings (SSSR count). The molecule has 38 heavy (non-hydrogen) atoms. The maximum Gasteiger partial charge on any atom is 0.335 e. The largest absolute Gasteiger partial charge is 0.504 e. The lowest BCUT2D eigenvalue weighted by Gasteiger charge is -2.40. The normalized spacial score (nSPS) is 23.3. The first-order valence-electron chi connectivity index (χ1n) is 11.2. The number of aliphatic hydroxyl groups excluding tert-OH is 1. The molecule has 6 N–H and O–H groups in total. The first-order valence-corrected chi connectivity index (χ1v) is 11.2. The molecule has 12 heteroatoms. The predicted molar refractivity (Wildman–Crippen MR) is 130 cm³/mol. The highest BCUT2D eigenvalue weighted by Gasteiger charge is 2.52. The lowest BCUT2D eigenvalue weighted by Crippen LogP contribution is -2.58. The Kier molecular flexibility index (Phi) is 8.61. The molecule has 2 aromatic carbocycles. The molecule has 2 aromatic rings. The number of phenolic OH excluding ortho intramolecular Hbond substituents is 3. The van der Waals surface area contributed by atoms with E-state index >= 15 is 0 Å². The Labute approximate surface area is 216 Å². The van der Waals surface area contributed by atoms with Gasteiger partial charge in [0.2, 0.25) is 0 Å². The van der Waals surface area contributed by atoms with Crippen LogP contribution in [0.15, 0.2) is 48.6 Å². The number of ether oxygens (including phenoxy) is 3. The number of aromatic hydroxyl groups is 3. The summed E-state index contributed by atoms with van der Waals surface area (Å²) in [7, 11) is 1.35. The number of esters is 2. The van der Waals surface area contributed by atoms with E-state index in [0.717, 1.165) is 12.2 Å². The molecule has 0 bridgehead atoms. The van der Waals surface area contributed by atoms with Gasteiger partial charge in [-0.2, -0.15) is 0 Å². The molecule has 1 saturated carbocycles. The number of carboxylic acids is 1. The van der Waals surface area contributed by atoms with Crippen LogP contribution >= 0.6 is 0 Å². The molecule has 1 aliphatic rings. The zero-order chi connectivity index (χ0) is 28.0. The molecule has 0 aliphatic heterocycles. The van der Waals surface area contributed by atoms with Crippen molar-refractivity contribution in [2.45, 2.75) is 36.8 Å². The smallest absolute Gasteiger partial charge is 0.335 e. The van der Waals surface area contributed by atoms with Crippen molar-refractivity contribution in [1.82, 2.24) is 0 Å². The van der Waals surface area contributed by atoms with E-state index in [1.165, 1.54) is 55.7 Å². The molecule has 12 nitrogen and oxygen atoms in total. The van der Waals surface area contributed by atoms with Crippen molar-refractivity contribution in [3.8, 4) is 23.0 Å². The standard InChI is InChI=1S/C26H26O12/c1-36-20-11-15(3-7-17(20)28)5-9-23(32)38-24-19(30)12-26(35,25(33)34)13-21(24)37-22(31)8-4-14-2-6-16(27)18(29)10-14/h2-11,19,21,24,27-30,35H,12-13H2,1H3,(H,33,34)/t19-,21+,24+,26+/m1/s1. The van der Waals surface area contributed by atoms with Gasteiger partial charge in [0.05, 0.1) is 13.2 Å². The van der Waals surface area contributed by atoms with Crippen LogP contribution < -0.4 is 4.74 Å². The molecular weight excluding hydrogens is 504 g/mol. The Morgan fingerprint density at radius 1 is 0.868 bits per heavy atom. The molecule has 202 valence electrons. The predicted octanol–water partition coefficient (Wildman–Crippen LogP) is 1.33. The van der Waals surface area contributed by atoms with E-state index in [0.29, 0.717) is 11.1 Å². The number of hydrogen-bond acceptors (Lipinski definition) is 11. The van der Waals surface area contributed by atoms with Gasteiger partial charge in [-0.25, -0.2) is 14.4 Å². The zero-order valence-corrected chi connectivity index (χ0v) is 20.1. The fourth-order valence-corrected chi connectivity index (χ4v) is 3.81. The van der Waals surface area contributed by atoms with E-state index in [9.17, 15) is 45.0 Å². The molecule has 1 fully saturated rings. The summed E-state index contributed by atoms with van der Waals surface area (Å²) in [6.07, 6.45) is -1.56. The molecule has 0 heterocycles. The Balaban J connectivity index is 1.75. The van der Waals surface area contributed by atoms with Crippen molar-refractivity contribution in [2.24, 2.45) is 0 Å². The van der Waals surface area contributed by atoms with Crippen LogP contribution in [0, 0.1) is 0 Å². The summed E-state index contributed by atoms with van der Waals surface area (Å²) >= 11 is 0. The number of carbonyl (C=O) groups is 3. The third-order valence-electron chi connectivity index (χ3n) is 5.78. The summed E-state index contributed by atoms with van der Waals surface area (Å²) in [5.41, 5.74) is -1.66. The number of aliphatic carboxylic acids is 1. The molecule has 0 saturated heterocycles. The van der Waals surface area contributed by atoms with Gasteiger partial charge in [0.15, 0.2) is 34.7 Å². The van der Waals surface area contributed by atoms with Crippen LogP contribution in [0.2, 0.25) is 0 Å². The number of hydrogen-bond donors (Lipinski definition) is 6. The van der Waals surface area contributed by atoms with Crippen molar-refractivity contribution < 1.29 is 59.2 Å². The van der Waals surface area contributed by atoms with E-state index in [2.05, 4.69) is 0 Å². The van der Waals surface area contributed by atoms with Crippen molar-refractivity contribution in [3.63, 3.8) is 0 Å². The van der Waals surface area contributed by atoms with Crippen LogP contribution in [-0.4, -0.2) is 79.6 Å². The topological polar surface area (TPSA) is 200 Å². The van der Waals surface area contributed by atoms with Gasteiger partial charge < -0.3 is 44.8 Å². The Morgan fingerprint density at radius 3 is 2.03 bits per heavy atom. The molecule has 0 unspecified atom stereocenters. The Morgan fingerprint density at radius 2 is 1.45 bits per heavy atom. The molecule has 4 atom stereocenters. The molecular formula is C26H26O12. The highest BCUT2D eigenvalue weighted by Crippen LogP contribution is 2.33. The quantitative estimate of drug-likeness (QED) is 0.163. The van der Waals surface area contributed by atoms with E-state index in [1.54, 1.807) is 0 Å². The number of methoxy groups -OCH3 is 1. The van der Waals surface area contributed by atoms with Crippen LogP contribution in [-0.2, 0) is 23.9 Å². The molecule has 0 amide bonds. The van der Waals surface area contributed by atoms with Gasteiger partial charge in [0.25, 0.3) is 0 Å². The molecule has 0 aromatic heterocycles. The van der Waals surface area contributed by atoms with Crippen molar-refractivity contribution in [3.05, 3.63) is 59.7 Å². The number of phenols is 3. The third kappa shape index (κ3) is 6.81. The summed E-state index contributed by atoms with van der Waals surface area (Å²) in [5, 5.41) is 58.9. The van der Waals surface area contributed by atoms with Crippen LogP contribution in [0.1, 0.15) is 24.0 Å². The maximum absolute atomic E-state index is 12.5. The van der Waals surface area contributed by atoms with Crippen LogP contribution in [0.3, 0.4) is 0 Å². The van der Waals surface area contributed by atoms with E-state index < -0.39 is 60.4 Å². The summed E-state index contributed by atoms with van der Waals surface area (Å²) in [6, 6.07) is 8.06. The van der Waals surface area contributed by atoms with Crippen LogP contribution in [0.25, 0.3) is 12.2 Å². The van der Waals surface area contributed by atoms with Gasteiger partial charge in [0.1, 0.15) is 6.10 Å². The van der Waals surface area contributed by atoms with E-state index in [1.807, 2.05) is 0 Å². The fourth-order valence-electron chi connectivity index (χ4n) is 3.81. The number of aliphatic hydroxyl groups is 2. The van der Waals surface area contributed by atoms with Gasteiger partial charge in [-0.15, -0.1) is 0 Å².